The summed E-state index contributed by atoms with van der Waals surface area (Å²) in [6.07, 6.45) is 6.54. The lowest BCUT2D eigenvalue weighted by Crippen LogP contribution is -2.12. The molecule has 5 N–H and O–H groups in total. The van der Waals surface area contributed by atoms with E-state index >= 15 is 0 Å². The fraction of sp³-hybridized carbons (Fsp3) is 0.429. The number of hydrogen-bond acceptors (Lipinski definition) is 7. The van der Waals surface area contributed by atoms with Crippen LogP contribution in [0.5, 0.6) is 11.5 Å². The summed E-state index contributed by atoms with van der Waals surface area (Å²) < 4.78 is 0. The maximum atomic E-state index is 11.5. The van der Waals surface area contributed by atoms with Crippen molar-refractivity contribution in [2.75, 3.05) is 0 Å². The van der Waals surface area contributed by atoms with Gasteiger partial charge in [0.05, 0.1) is 19.3 Å². The number of benzene rings is 2. The van der Waals surface area contributed by atoms with Gasteiger partial charge in [-0.25, -0.2) is 0 Å². The summed E-state index contributed by atoms with van der Waals surface area (Å²) in [4.78, 5) is 23.0. The molecule has 0 aromatic heterocycles. The molecule has 0 amide bonds. The van der Waals surface area contributed by atoms with E-state index in [9.17, 15) is 24.9 Å². The number of carbonyl (C=O) groups excluding carboxylic acids is 2. The highest BCUT2D eigenvalue weighted by Crippen LogP contribution is 2.20. The van der Waals surface area contributed by atoms with Crippen molar-refractivity contribution >= 4 is 11.6 Å². The standard InChI is InChI=1S/C14H20O4.C14H18O3/c1-2-12(16)8-13(17)5-3-10-4-6-14(18)11(7-10)9-15;1-2-3-4-13(16)7-5-11-6-8-14(17)12(9-11)10-15/h4,6-7,12,15-16,18H,2-3,5,8-9H2,1H3;3-4,6,8-9,15,17H,2,5,7,10H2,1H3/b;4-3+. The SMILES string of the molecule is CC/C=C/C(=O)CCc1ccc(O)c(CO)c1.CCC(O)CC(=O)CCc1ccc(O)c(CO)c1. The van der Waals surface area contributed by atoms with Crippen LogP contribution in [-0.2, 0) is 35.6 Å². The molecule has 35 heavy (non-hydrogen) atoms. The average molecular weight is 487 g/mol. The van der Waals surface area contributed by atoms with Crippen molar-refractivity contribution in [3.05, 3.63) is 70.8 Å². The maximum Gasteiger partial charge on any atom is 0.155 e. The molecule has 0 saturated carbocycles. The normalized spacial score (nSPS) is 11.7. The van der Waals surface area contributed by atoms with Crippen LogP contribution in [0.15, 0.2) is 48.6 Å². The van der Waals surface area contributed by atoms with Crippen LogP contribution < -0.4 is 0 Å². The minimum absolute atomic E-state index is 0.0305. The third kappa shape index (κ3) is 11.8. The molecule has 0 aliphatic heterocycles. The fourth-order valence-electron chi connectivity index (χ4n) is 3.24. The third-order valence-corrected chi connectivity index (χ3v) is 5.46. The monoisotopic (exact) mass is 486 g/mol. The first kappa shape index (κ1) is 30.0. The minimum atomic E-state index is -0.551. The number of ketones is 2. The van der Waals surface area contributed by atoms with E-state index < -0.39 is 6.10 Å². The number of aryl methyl sites for hydroxylation is 2. The van der Waals surface area contributed by atoms with E-state index in [4.69, 9.17) is 10.2 Å². The summed E-state index contributed by atoms with van der Waals surface area (Å²) in [7, 11) is 0. The van der Waals surface area contributed by atoms with Crippen molar-refractivity contribution in [1.29, 1.82) is 0 Å². The van der Waals surface area contributed by atoms with Crippen molar-refractivity contribution in [3.8, 4) is 11.5 Å². The highest BCUT2D eigenvalue weighted by atomic mass is 16.3. The van der Waals surface area contributed by atoms with Gasteiger partial charge in [0, 0.05) is 30.4 Å². The number of carbonyl (C=O) groups is 2. The molecule has 2 rings (SSSR count). The molecular formula is C28H38O7. The third-order valence-electron chi connectivity index (χ3n) is 5.46. The zero-order chi connectivity index (χ0) is 26.2. The topological polar surface area (TPSA) is 135 Å². The quantitative estimate of drug-likeness (QED) is 0.271. The lowest BCUT2D eigenvalue weighted by Gasteiger charge is -2.08. The van der Waals surface area contributed by atoms with Gasteiger partial charge >= 0.3 is 0 Å². The van der Waals surface area contributed by atoms with Gasteiger partial charge in [0.15, 0.2) is 5.78 Å². The van der Waals surface area contributed by atoms with Crippen molar-refractivity contribution in [2.45, 2.75) is 78.1 Å². The van der Waals surface area contributed by atoms with Gasteiger partial charge in [-0.05, 0) is 67.2 Å². The van der Waals surface area contributed by atoms with Crippen molar-refractivity contribution < 1.29 is 35.1 Å². The number of aliphatic hydroxyl groups is 3. The van der Waals surface area contributed by atoms with Gasteiger partial charge in [0.25, 0.3) is 0 Å². The molecule has 0 aliphatic rings. The van der Waals surface area contributed by atoms with Gasteiger partial charge < -0.3 is 25.5 Å². The second kappa shape index (κ2) is 16.6. The Morgan fingerprint density at radius 1 is 0.857 bits per heavy atom. The smallest absolute Gasteiger partial charge is 0.155 e. The van der Waals surface area contributed by atoms with Crippen LogP contribution in [-0.4, -0.2) is 43.2 Å². The molecule has 0 heterocycles. The van der Waals surface area contributed by atoms with Crippen LogP contribution in [0, 0.1) is 0 Å². The molecule has 2 aromatic carbocycles. The highest BCUT2D eigenvalue weighted by molar-refractivity contribution is 5.89. The van der Waals surface area contributed by atoms with E-state index in [-0.39, 0.29) is 42.7 Å². The number of hydrogen-bond donors (Lipinski definition) is 5. The van der Waals surface area contributed by atoms with E-state index in [1.165, 1.54) is 6.07 Å². The first-order valence-corrected chi connectivity index (χ1v) is 12.0. The van der Waals surface area contributed by atoms with E-state index in [0.29, 0.717) is 43.2 Å². The molecular weight excluding hydrogens is 448 g/mol. The molecule has 0 saturated heterocycles. The Hall–Kier alpha value is -3.00. The van der Waals surface area contributed by atoms with Crippen molar-refractivity contribution in [2.24, 2.45) is 0 Å². The van der Waals surface area contributed by atoms with Crippen LogP contribution in [0.3, 0.4) is 0 Å². The summed E-state index contributed by atoms with van der Waals surface area (Å²) in [5.74, 6) is 0.288. The maximum absolute atomic E-state index is 11.5. The molecule has 7 nitrogen and oxygen atoms in total. The van der Waals surface area contributed by atoms with Gasteiger partial charge in [-0.2, -0.15) is 0 Å². The lowest BCUT2D eigenvalue weighted by atomic mass is 10.0. The highest BCUT2D eigenvalue weighted by Gasteiger charge is 2.10. The number of aliphatic hydroxyl groups excluding tert-OH is 3. The fourth-order valence-corrected chi connectivity index (χ4v) is 3.24. The molecule has 192 valence electrons. The Bertz CT molecular complexity index is 966. The molecule has 1 atom stereocenters. The van der Waals surface area contributed by atoms with E-state index in [1.54, 1.807) is 36.4 Å². The summed E-state index contributed by atoms with van der Waals surface area (Å²) >= 11 is 0. The van der Waals surface area contributed by atoms with Crippen LogP contribution in [0.1, 0.15) is 68.2 Å². The molecule has 0 radical (unpaired) electrons. The zero-order valence-electron chi connectivity index (χ0n) is 20.6. The summed E-state index contributed by atoms with van der Waals surface area (Å²) in [6, 6.07) is 9.99. The van der Waals surface area contributed by atoms with Crippen molar-refractivity contribution in [1.82, 2.24) is 0 Å². The largest absolute Gasteiger partial charge is 0.508 e. The number of allylic oxidation sites excluding steroid dienone is 2. The van der Waals surface area contributed by atoms with Gasteiger partial charge in [-0.3, -0.25) is 9.59 Å². The predicted octanol–water partition coefficient (Wildman–Crippen LogP) is 3.90. The number of rotatable bonds is 13. The van der Waals surface area contributed by atoms with Crippen LogP contribution >= 0.6 is 0 Å². The zero-order valence-corrected chi connectivity index (χ0v) is 20.6. The summed E-state index contributed by atoms with van der Waals surface area (Å²) in [5.41, 5.74) is 2.81. The molecule has 7 heteroatoms. The molecule has 0 spiro atoms. The second-order valence-corrected chi connectivity index (χ2v) is 8.32. The molecule has 0 bridgehead atoms. The Kier molecular flexibility index (Phi) is 14.2. The van der Waals surface area contributed by atoms with Gasteiger partial charge in [-0.1, -0.05) is 32.1 Å². The minimum Gasteiger partial charge on any atom is -0.508 e. The van der Waals surface area contributed by atoms with Gasteiger partial charge in [0.2, 0.25) is 0 Å². The Labute approximate surface area is 207 Å². The summed E-state index contributed by atoms with van der Waals surface area (Å²) in [6.45, 7) is 3.41. The van der Waals surface area contributed by atoms with Crippen molar-refractivity contribution in [3.63, 3.8) is 0 Å². The second-order valence-electron chi connectivity index (χ2n) is 8.32. The Morgan fingerprint density at radius 2 is 1.37 bits per heavy atom. The Balaban J connectivity index is 0.000000351. The first-order chi connectivity index (χ1) is 16.7. The average Bonchev–Trinajstić information content (AvgIpc) is 2.86. The van der Waals surface area contributed by atoms with Crippen LogP contribution in [0.4, 0.5) is 0 Å². The van der Waals surface area contributed by atoms with Gasteiger partial charge in [-0.15, -0.1) is 0 Å². The molecule has 0 aliphatic carbocycles. The van der Waals surface area contributed by atoms with Crippen LogP contribution in [0.25, 0.3) is 0 Å². The van der Waals surface area contributed by atoms with E-state index in [0.717, 1.165) is 17.5 Å². The van der Waals surface area contributed by atoms with Gasteiger partial charge in [0.1, 0.15) is 17.3 Å². The number of phenols is 2. The number of aromatic hydroxyl groups is 2. The van der Waals surface area contributed by atoms with E-state index in [1.807, 2.05) is 19.9 Å². The molecule has 0 fully saturated rings. The molecule has 2 aromatic rings. The Morgan fingerprint density at radius 3 is 1.83 bits per heavy atom. The number of Topliss-reactive ketones (excluding diaryl/α,β-unsaturated/α-hetero) is 1. The lowest BCUT2D eigenvalue weighted by molar-refractivity contribution is -0.121. The van der Waals surface area contributed by atoms with Crippen LogP contribution in [0.2, 0.25) is 0 Å². The summed E-state index contributed by atoms with van der Waals surface area (Å²) in [5, 5.41) is 46.2. The first-order valence-electron chi connectivity index (χ1n) is 12.0. The molecule has 1 unspecified atom stereocenters. The van der Waals surface area contributed by atoms with E-state index in [2.05, 4.69) is 0 Å². The predicted molar refractivity (Wildman–Crippen MR) is 135 cm³/mol.